The number of ketones is 1. The maximum absolute atomic E-state index is 13.9. The second-order valence-corrected chi connectivity index (χ2v) is 8.14. The van der Waals surface area contributed by atoms with Crippen molar-refractivity contribution in [2.24, 2.45) is 0 Å². The van der Waals surface area contributed by atoms with Gasteiger partial charge in [0.2, 0.25) is 0 Å². The van der Waals surface area contributed by atoms with Gasteiger partial charge in [0.1, 0.15) is 0 Å². The molecule has 1 aromatic heterocycles. The lowest BCUT2D eigenvalue weighted by Crippen LogP contribution is -2.17. The Hall–Kier alpha value is -4.24. The van der Waals surface area contributed by atoms with Crippen molar-refractivity contribution in [3.8, 4) is 22.4 Å². The zero-order valence-corrected chi connectivity index (χ0v) is 18.4. The van der Waals surface area contributed by atoms with Crippen LogP contribution in [0, 0.1) is 0 Å². The number of rotatable bonds is 5. The van der Waals surface area contributed by atoms with Gasteiger partial charge in [0.25, 0.3) is 0 Å². The molecule has 0 amide bonds. The fraction of sp³-hybridized carbons (Fsp3) is 0.0667. The molecule has 160 valence electrons. The molecule has 0 fully saturated rings. The Morgan fingerprint density at radius 1 is 0.697 bits per heavy atom. The van der Waals surface area contributed by atoms with Crippen molar-refractivity contribution in [1.29, 1.82) is 0 Å². The zero-order valence-electron chi connectivity index (χ0n) is 18.4. The predicted molar refractivity (Wildman–Crippen MR) is 135 cm³/mol. The first-order chi connectivity index (χ1) is 16.1. The summed E-state index contributed by atoms with van der Waals surface area (Å²) < 4.78 is 2.23. The molecule has 0 N–H and O–H groups in total. The van der Waals surface area contributed by atoms with E-state index in [-0.39, 0.29) is 11.2 Å². The number of hydrogen-bond acceptors (Lipinski definition) is 2. The van der Waals surface area contributed by atoms with Crippen LogP contribution >= 0.6 is 0 Å². The van der Waals surface area contributed by atoms with Crippen molar-refractivity contribution in [3.63, 3.8) is 0 Å². The predicted octanol–water partition coefficient (Wildman–Crippen LogP) is 6.59. The number of nitrogens with zero attached hydrogens (tertiary/aromatic N) is 1. The van der Waals surface area contributed by atoms with Gasteiger partial charge in [-0.2, -0.15) is 0 Å². The number of Topliss-reactive ketones (excluding diaryl/α,β-unsaturated/α-hetero) is 1. The summed E-state index contributed by atoms with van der Waals surface area (Å²) in [5, 5.41) is 0.679. The number of para-hydroxylation sites is 1. The average molecular weight is 430 g/mol. The van der Waals surface area contributed by atoms with Gasteiger partial charge in [-0.05, 0) is 35.7 Å². The summed E-state index contributed by atoms with van der Waals surface area (Å²) in [5.41, 5.74) is 5.97. The molecule has 0 bridgehead atoms. The van der Waals surface area contributed by atoms with Crippen molar-refractivity contribution in [2.75, 3.05) is 0 Å². The Kier molecular flexibility index (Phi) is 5.45. The molecule has 5 rings (SSSR count). The van der Waals surface area contributed by atoms with Crippen LogP contribution in [0.1, 0.15) is 22.8 Å². The molecule has 0 radical (unpaired) electrons. The average Bonchev–Trinajstić information content (AvgIpc) is 2.87. The Labute approximate surface area is 192 Å². The second-order valence-electron chi connectivity index (χ2n) is 8.14. The summed E-state index contributed by atoms with van der Waals surface area (Å²) in [6.07, 6.45) is 0. The Morgan fingerprint density at radius 2 is 1.30 bits per heavy atom. The van der Waals surface area contributed by atoms with Crippen LogP contribution in [0.3, 0.4) is 0 Å². The summed E-state index contributed by atoms with van der Waals surface area (Å²) >= 11 is 0. The van der Waals surface area contributed by atoms with Gasteiger partial charge in [-0.15, -0.1) is 0 Å². The summed E-state index contributed by atoms with van der Waals surface area (Å²) in [4.78, 5) is 25.7. The summed E-state index contributed by atoms with van der Waals surface area (Å²) in [5.74, 6) is 0.00447. The molecule has 0 unspecified atom stereocenters. The normalized spacial score (nSPS) is 10.9. The van der Waals surface area contributed by atoms with E-state index in [1.165, 1.54) is 0 Å². The first-order valence-electron chi connectivity index (χ1n) is 11.0. The van der Waals surface area contributed by atoms with Crippen molar-refractivity contribution in [3.05, 3.63) is 131 Å². The van der Waals surface area contributed by atoms with Crippen molar-refractivity contribution < 1.29 is 4.79 Å². The molecule has 0 saturated carbocycles. The molecule has 0 saturated heterocycles. The quantitative estimate of drug-likeness (QED) is 0.296. The third-order valence-corrected chi connectivity index (χ3v) is 5.98. The lowest BCUT2D eigenvalue weighted by molar-refractivity contribution is 0.101. The van der Waals surface area contributed by atoms with Crippen molar-refractivity contribution in [1.82, 2.24) is 4.57 Å². The van der Waals surface area contributed by atoms with Gasteiger partial charge in [-0.25, -0.2) is 0 Å². The van der Waals surface area contributed by atoms with Gasteiger partial charge < -0.3 is 4.57 Å². The molecule has 0 aliphatic carbocycles. The summed E-state index contributed by atoms with van der Waals surface area (Å²) in [7, 11) is 0. The fourth-order valence-electron chi connectivity index (χ4n) is 4.36. The Morgan fingerprint density at radius 3 is 1.97 bits per heavy atom. The highest BCUT2D eigenvalue weighted by Gasteiger charge is 2.20. The van der Waals surface area contributed by atoms with Gasteiger partial charge in [-0.1, -0.05) is 97.1 Å². The highest BCUT2D eigenvalue weighted by atomic mass is 16.1. The first-order valence-corrected chi connectivity index (χ1v) is 11.0. The molecular formula is C30H23NO2. The molecule has 3 heteroatoms. The number of hydrogen-bond donors (Lipinski definition) is 0. The van der Waals surface area contributed by atoms with E-state index in [0.29, 0.717) is 23.1 Å². The monoisotopic (exact) mass is 429 g/mol. The Bertz CT molecular complexity index is 1500. The second kappa shape index (κ2) is 8.71. The minimum atomic E-state index is -0.00987. The zero-order chi connectivity index (χ0) is 22.8. The van der Waals surface area contributed by atoms with Crippen molar-refractivity contribution >= 4 is 16.7 Å². The number of benzene rings is 4. The molecule has 4 aromatic carbocycles. The summed E-state index contributed by atoms with van der Waals surface area (Å²) in [6, 6.07) is 35.4. The van der Waals surface area contributed by atoms with Crippen LogP contribution in [0.15, 0.2) is 114 Å². The van der Waals surface area contributed by atoms with Crippen molar-refractivity contribution in [2.45, 2.75) is 13.5 Å². The van der Waals surface area contributed by atoms with Gasteiger partial charge in [0, 0.05) is 17.5 Å². The van der Waals surface area contributed by atoms with Gasteiger partial charge in [0.05, 0.1) is 16.8 Å². The molecule has 0 aliphatic heterocycles. The van der Waals surface area contributed by atoms with Gasteiger partial charge in [0.15, 0.2) is 11.2 Å². The van der Waals surface area contributed by atoms with Crippen LogP contribution in [0.5, 0.6) is 0 Å². The highest BCUT2D eigenvalue weighted by Crippen LogP contribution is 2.33. The molecule has 33 heavy (non-hydrogen) atoms. The molecule has 0 aliphatic rings. The van der Waals surface area contributed by atoms with Crippen LogP contribution in [-0.2, 0) is 6.54 Å². The number of carbonyl (C=O) groups is 1. The minimum absolute atomic E-state index is 0.00447. The maximum Gasteiger partial charge on any atom is 0.197 e. The third kappa shape index (κ3) is 3.90. The van der Waals surface area contributed by atoms with E-state index in [0.717, 1.165) is 27.9 Å². The topological polar surface area (TPSA) is 39.1 Å². The SMILES string of the molecule is CC(=O)c1ccc(-c2c(-c3ccccc3)n(Cc3ccccc3)c3ccccc3c2=O)cc1. The molecule has 0 spiro atoms. The number of carbonyl (C=O) groups excluding carboxylic acids is 1. The molecule has 3 nitrogen and oxygen atoms in total. The lowest BCUT2D eigenvalue weighted by atomic mass is 9.94. The minimum Gasteiger partial charge on any atom is -0.335 e. The van der Waals surface area contributed by atoms with Crippen LogP contribution in [-0.4, -0.2) is 10.4 Å². The van der Waals surface area contributed by atoms with E-state index in [9.17, 15) is 9.59 Å². The summed E-state index contributed by atoms with van der Waals surface area (Å²) in [6.45, 7) is 2.18. The largest absolute Gasteiger partial charge is 0.335 e. The maximum atomic E-state index is 13.9. The molecular weight excluding hydrogens is 406 g/mol. The third-order valence-electron chi connectivity index (χ3n) is 5.98. The fourth-order valence-corrected chi connectivity index (χ4v) is 4.36. The highest BCUT2D eigenvalue weighted by molar-refractivity contribution is 5.96. The smallest absolute Gasteiger partial charge is 0.197 e. The number of fused-ring (bicyclic) bond motifs is 1. The van der Waals surface area contributed by atoms with E-state index in [1.807, 2.05) is 84.9 Å². The molecule has 1 heterocycles. The number of aromatic nitrogens is 1. The Balaban J connectivity index is 1.88. The molecule has 0 atom stereocenters. The van der Waals surface area contributed by atoms with E-state index < -0.39 is 0 Å². The van der Waals surface area contributed by atoms with Crippen LogP contribution in [0.25, 0.3) is 33.3 Å². The van der Waals surface area contributed by atoms with E-state index in [1.54, 1.807) is 19.1 Å². The van der Waals surface area contributed by atoms with Crippen LogP contribution in [0.2, 0.25) is 0 Å². The van der Waals surface area contributed by atoms with E-state index in [4.69, 9.17) is 0 Å². The lowest BCUT2D eigenvalue weighted by Gasteiger charge is -2.21. The van der Waals surface area contributed by atoms with Gasteiger partial charge >= 0.3 is 0 Å². The van der Waals surface area contributed by atoms with E-state index >= 15 is 0 Å². The van der Waals surface area contributed by atoms with Gasteiger partial charge in [-0.3, -0.25) is 9.59 Å². The van der Waals surface area contributed by atoms with E-state index in [2.05, 4.69) is 16.7 Å². The molecule has 5 aromatic rings. The standard InChI is InChI=1S/C30H23NO2/c1-21(32)23-16-18-24(19-17-23)28-29(25-12-6-3-7-13-25)31(20-22-10-4-2-5-11-22)27-15-9-8-14-26(27)30(28)33/h2-19H,20H2,1H3. The first kappa shape index (κ1) is 20.7. The van der Waals surface area contributed by atoms with Crippen LogP contribution in [0.4, 0.5) is 0 Å². The van der Waals surface area contributed by atoms with Crippen LogP contribution < -0.4 is 5.43 Å². The number of pyridine rings is 1.